The molecule has 0 rings (SSSR count). The first-order valence-corrected chi connectivity index (χ1v) is 5.86. The van der Waals surface area contributed by atoms with Gasteiger partial charge in [-0.3, -0.25) is 4.79 Å². The van der Waals surface area contributed by atoms with Gasteiger partial charge in [-0.2, -0.15) is 10.2 Å². The van der Waals surface area contributed by atoms with Gasteiger partial charge in [0.1, 0.15) is 0 Å². The zero-order valence-corrected chi connectivity index (χ0v) is 11.6. The van der Waals surface area contributed by atoms with E-state index in [9.17, 15) is 4.79 Å². The van der Waals surface area contributed by atoms with Gasteiger partial charge < -0.3 is 14.2 Å². The minimum absolute atomic E-state index is 0.155. The third kappa shape index (κ3) is 8.83. The van der Waals surface area contributed by atoms with Crippen molar-refractivity contribution < 1.29 is 19.0 Å². The summed E-state index contributed by atoms with van der Waals surface area (Å²) in [5.41, 5.74) is 1.39. The lowest BCUT2D eigenvalue weighted by Gasteiger charge is -2.03. The van der Waals surface area contributed by atoms with Crippen LogP contribution in [0.5, 0.6) is 0 Å². The van der Waals surface area contributed by atoms with Crippen molar-refractivity contribution in [2.75, 3.05) is 34.0 Å². The van der Waals surface area contributed by atoms with Gasteiger partial charge in [0.05, 0.1) is 32.0 Å². The van der Waals surface area contributed by atoms with Crippen LogP contribution in [0.4, 0.5) is 0 Å². The number of carbonyl (C=O) groups is 1. The minimum atomic E-state index is -0.292. The molecule has 0 bridgehead atoms. The van der Waals surface area contributed by atoms with Gasteiger partial charge in [-0.05, 0) is 13.8 Å². The highest BCUT2D eigenvalue weighted by Crippen LogP contribution is 1.95. The average Bonchev–Trinajstić information content (AvgIpc) is 2.33. The Hall–Kier alpha value is -1.27. The molecule has 0 aromatic rings. The predicted octanol–water partition coefficient (Wildman–Crippen LogP) is 1.44. The van der Waals surface area contributed by atoms with E-state index in [0.717, 1.165) is 5.71 Å². The van der Waals surface area contributed by atoms with Crippen LogP contribution in [-0.4, -0.2) is 51.4 Å². The number of ether oxygens (including phenoxy) is 3. The highest BCUT2D eigenvalue weighted by atomic mass is 16.5. The topological polar surface area (TPSA) is 69.5 Å². The standard InChI is InChI=1S/C12H22N2O4/c1-5-18-12(15)8-10(2)13-14-11(9-17-4)6-7-16-3/h5-9H2,1-4H3/b13-10-,14-11+. The zero-order chi connectivity index (χ0) is 13.8. The van der Waals surface area contributed by atoms with Crippen molar-refractivity contribution in [2.24, 2.45) is 10.2 Å². The van der Waals surface area contributed by atoms with Gasteiger partial charge in [-0.1, -0.05) is 0 Å². The number of carbonyl (C=O) groups excluding carboxylic acids is 1. The molecule has 0 aromatic carbocycles. The molecule has 0 atom stereocenters. The Kier molecular flexibility index (Phi) is 10.1. The van der Waals surface area contributed by atoms with E-state index >= 15 is 0 Å². The Morgan fingerprint density at radius 2 is 1.89 bits per heavy atom. The molecule has 0 N–H and O–H groups in total. The third-order valence-corrected chi connectivity index (χ3v) is 1.97. The molecule has 6 heteroatoms. The normalized spacial score (nSPS) is 12.7. The van der Waals surface area contributed by atoms with Gasteiger partial charge in [0.2, 0.25) is 0 Å². The second kappa shape index (κ2) is 10.9. The van der Waals surface area contributed by atoms with Crippen molar-refractivity contribution in [3.8, 4) is 0 Å². The largest absolute Gasteiger partial charge is 0.466 e. The molecule has 0 aliphatic rings. The number of hydrogen-bond donors (Lipinski definition) is 0. The maximum atomic E-state index is 11.2. The number of methoxy groups -OCH3 is 2. The van der Waals surface area contributed by atoms with Crippen LogP contribution in [0.25, 0.3) is 0 Å². The summed E-state index contributed by atoms with van der Waals surface area (Å²) < 4.78 is 14.8. The van der Waals surface area contributed by atoms with Crippen molar-refractivity contribution in [3.05, 3.63) is 0 Å². The lowest BCUT2D eigenvalue weighted by Crippen LogP contribution is -2.11. The number of esters is 1. The van der Waals surface area contributed by atoms with Gasteiger partial charge in [-0.15, -0.1) is 0 Å². The Morgan fingerprint density at radius 1 is 1.17 bits per heavy atom. The van der Waals surface area contributed by atoms with E-state index in [0.29, 0.717) is 32.0 Å². The second-order valence-electron chi connectivity index (χ2n) is 3.66. The van der Waals surface area contributed by atoms with Crippen LogP contribution < -0.4 is 0 Å². The summed E-state index contributed by atoms with van der Waals surface area (Å²) in [6, 6.07) is 0. The molecule has 0 radical (unpaired) electrons. The third-order valence-electron chi connectivity index (χ3n) is 1.97. The Balaban J connectivity index is 4.35. The van der Waals surface area contributed by atoms with Gasteiger partial charge in [0.25, 0.3) is 0 Å². The van der Waals surface area contributed by atoms with E-state index in [4.69, 9.17) is 14.2 Å². The second-order valence-corrected chi connectivity index (χ2v) is 3.66. The van der Waals surface area contributed by atoms with E-state index in [2.05, 4.69) is 10.2 Å². The van der Waals surface area contributed by atoms with Crippen molar-refractivity contribution in [1.82, 2.24) is 0 Å². The molecule has 0 spiro atoms. The van der Waals surface area contributed by atoms with Crippen LogP contribution in [0.1, 0.15) is 26.7 Å². The monoisotopic (exact) mass is 258 g/mol. The Labute approximate surface area is 108 Å². The summed E-state index contributed by atoms with van der Waals surface area (Å²) >= 11 is 0. The van der Waals surface area contributed by atoms with Crippen LogP contribution >= 0.6 is 0 Å². The number of nitrogens with zero attached hydrogens (tertiary/aromatic N) is 2. The number of hydrogen-bond acceptors (Lipinski definition) is 6. The summed E-state index contributed by atoms with van der Waals surface area (Å²) in [4.78, 5) is 11.2. The highest BCUT2D eigenvalue weighted by Gasteiger charge is 2.04. The Bertz CT molecular complexity index is 300. The first-order chi connectivity index (χ1) is 8.63. The molecule has 0 saturated carbocycles. The SMILES string of the molecule is CCOC(=O)C/C(C)=N\N=C(/CCOC)COC. The van der Waals surface area contributed by atoms with Crippen LogP contribution in [0, 0.1) is 0 Å². The molecule has 0 amide bonds. The van der Waals surface area contributed by atoms with E-state index in [-0.39, 0.29) is 12.4 Å². The Morgan fingerprint density at radius 3 is 2.44 bits per heavy atom. The van der Waals surface area contributed by atoms with E-state index in [1.807, 2.05) is 0 Å². The molecule has 6 nitrogen and oxygen atoms in total. The van der Waals surface area contributed by atoms with E-state index < -0.39 is 0 Å². The van der Waals surface area contributed by atoms with Gasteiger partial charge in [0.15, 0.2) is 0 Å². The molecule has 18 heavy (non-hydrogen) atoms. The van der Waals surface area contributed by atoms with Crippen LogP contribution in [-0.2, 0) is 19.0 Å². The quantitative estimate of drug-likeness (QED) is 0.356. The maximum absolute atomic E-state index is 11.2. The first-order valence-electron chi connectivity index (χ1n) is 5.86. The molecule has 0 aliphatic carbocycles. The molecule has 0 saturated heterocycles. The first kappa shape index (κ1) is 16.7. The molecule has 0 aliphatic heterocycles. The highest BCUT2D eigenvalue weighted by molar-refractivity contribution is 5.98. The molecule has 0 fully saturated rings. The molecule has 0 aromatic heterocycles. The van der Waals surface area contributed by atoms with Crippen LogP contribution in [0.15, 0.2) is 10.2 Å². The summed E-state index contributed by atoms with van der Waals surface area (Å²) in [6.07, 6.45) is 0.808. The van der Waals surface area contributed by atoms with Gasteiger partial charge in [0, 0.05) is 26.4 Å². The molecule has 0 unspecified atom stereocenters. The molecule has 104 valence electrons. The lowest BCUT2D eigenvalue weighted by atomic mass is 10.3. The fourth-order valence-electron chi connectivity index (χ4n) is 1.15. The molecular formula is C12H22N2O4. The van der Waals surface area contributed by atoms with E-state index in [1.54, 1.807) is 28.1 Å². The summed E-state index contributed by atoms with van der Waals surface area (Å²) in [5, 5.41) is 8.04. The van der Waals surface area contributed by atoms with Crippen molar-refractivity contribution >= 4 is 17.4 Å². The molecular weight excluding hydrogens is 236 g/mol. The summed E-state index contributed by atoms with van der Waals surface area (Å²) in [7, 11) is 3.22. The van der Waals surface area contributed by atoms with Gasteiger partial charge >= 0.3 is 5.97 Å². The minimum Gasteiger partial charge on any atom is -0.466 e. The van der Waals surface area contributed by atoms with Crippen molar-refractivity contribution in [1.29, 1.82) is 0 Å². The molecule has 0 heterocycles. The smallest absolute Gasteiger partial charge is 0.311 e. The fourth-order valence-corrected chi connectivity index (χ4v) is 1.15. The van der Waals surface area contributed by atoms with E-state index in [1.165, 1.54) is 0 Å². The number of rotatable bonds is 9. The van der Waals surface area contributed by atoms with Crippen LogP contribution in [0.2, 0.25) is 0 Å². The summed E-state index contributed by atoms with van der Waals surface area (Å²) in [5.74, 6) is -0.292. The van der Waals surface area contributed by atoms with Crippen molar-refractivity contribution in [2.45, 2.75) is 26.7 Å². The zero-order valence-electron chi connectivity index (χ0n) is 11.6. The van der Waals surface area contributed by atoms with Crippen molar-refractivity contribution in [3.63, 3.8) is 0 Å². The van der Waals surface area contributed by atoms with Crippen LogP contribution in [0.3, 0.4) is 0 Å². The maximum Gasteiger partial charge on any atom is 0.311 e. The summed E-state index contributed by atoms with van der Waals surface area (Å²) in [6.45, 7) is 4.84. The predicted molar refractivity (Wildman–Crippen MR) is 70.2 cm³/mol. The average molecular weight is 258 g/mol. The lowest BCUT2D eigenvalue weighted by molar-refractivity contribution is -0.141. The fraction of sp³-hybridized carbons (Fsp3) is 0.750. The van der Waals surface area contributed by atoms with Gasteiger partial charge in [-0.25, -0.2) is 0 Å².